The minimum Gasteiger partial charge on any atom is -0.457 e. The molecule has 0 saturated heterocycles. The van der Waals surface area contributed by atoms with Gasteiger partial charge in [0.1, 0.15) is 11.5 Å². The molecule has 2 aromatic carbocycles. The number of carbonyl (C=O) groups is 1. The number of para-hydroxylation sites is 1. The first-order valence-electron chi connectivity index (χ1n) is 5.94. The quantitative estimate of drug-likeness (QED) is 0.829. The smallest absolute Gasteiger partial charge is 0.252 e. The van der Waals surface area contributed by atoms with Gasteiger partial charge in [-0.1, -0.05) is 12.1 Å². The third-order valence-electron chi connectivity index (χ3n) is 2.76. The number of rotatable bonds is 4. The van der Waals surface area contributed by atoms with Crippen LogP contribution in [0.5, 0.6) is 11.5 Å². The highest BCUT2D eigenvalue weighted by Crippen LogP contribution is 2.27. The second kappa shape index (κ2) is 5.76. The highest BCUT2D eigenvalue weighted by molar-refractivity contribution is 5.95. The molecule has 0 spiro atoms. The third-order valence-corrected chi connectivity index (χ3v) is 2.76. The van der Waals surface area contributed by atoms with Crippen LogP contribution in [-0.4, -0.2) is 5.91 Å². The average Bonchev–Trinajstić information content (AvgIpc) is 2.43. The van der Waals surface area contributed by atoms with Crippen molar-refractivity contribution in [2.45, 2.75) is 6.42 Å². The van der Waals surface area contributed by atoms with Gasteiger partial charge in [-0.3, -0.25) is 4.79 Å². The summed E-state index contributed by atoms with van der Waals surface area (Å²) in [5.74, 6) is 0.305. The van der Waals surface area contributed by atoms with Gasteiger partial charge >= 0.3 is 0 Å². The van der Waals surface area contributed by atoms with E-state index in [1.807, 2.05) is 6.07 Å². The van der Waals surface area contributed by atoms with Crippen molar-refractivity contribution in [3.8, 4) is 17.6 Å². The molecule has 2 aromatic rings. The zero-order valence-electron chi connectivity index (χ0n) is 10.7. The van der Waals surface area contributed by atoms with E-state index in [2.05, 4.69) is 0 Å². The van der Waals surface area contributed by atoms with Crippen molar-refractivity contribution >= 4 is 11.6 Å². The topological polar surface area (TPSA) is 102 Å². The van der Waals surface area contributed by atoms with Crippen molar-refractivity contribution in [3.05, 3.63) is 53.6 Å². The summed E-state index contributed by atoms with van der Waals surface area (Å²) in [6, 6.07) is 13.7. The molecule has 0 fully saturated rings. The van der Waals surface area contributed by atoms with Crippen LogP contribution in [0.15, 0.2) is 42.5 Å². The van der Waals surface area contributed by atoms with E-state index in [9.17, 15) is 4.79 Å². The monoisotopic (exact) mass is 267 g/mol. The molecule has 100 valence electrons. The molecule has 0 aliphatic rings. The summed E-state index contributed by atoms with van der Waals surface area (Å²) in [6.45, 7) is 0. The Bertz CT molecular complexity index is 690. The number of hydrogen-bond donors (Lipinski definition) is 2. The predicted octanol–water partition coefficient (Wildman–Crippen LogP) is 2.23. The number of nitrogen functional groups attached to an aromatic ring is 1. The molecule has 0 aromatic heterocycles. The summed E-state index contributed by atoms with van der Waals surface area (Å²) in [5.41, 5.74) is 12.6. The number of carbonyl (C=O) groups excluding carboxylic acids is 1. The largest absolute Gasteiger partial charge is 0.457 e. The van der Waals surface area contributed by atoms with Gasteiger partial charge in [-0.25, -0.2) is 0 Å². The van der Waals surface area contributed by atoms with E-state index in [0.29, 0.717) is 28.3 Å². The van der Waals surface area contributed by atoms with Gasteiger partial charge in [-0.15, -0.1) is 0 Å². The first kappa shape index (κ1) is 13.4. The number of nitrogens with two attached hydrogens (primary N) is 2. The Morgan fingerprint density at radius 3 is 2.70 bits per heavy atom. The maximum Gasteiger partial charge on any atom is 0.252 e. The number of ether oxygens (including phenoxy) is 1. The molecule has 4 N–H and O–H groups in total. The highest BCUT2D eigenvalue weighted by Gasteiger charge is 2.10. The minimum absolute atomic E-state index is 0.195. The van der Waals surface area contributed by atoms with E-state index in [4.69, 9.17) is 21.5 Å². The third kappa shape index (κ3) is 2.87. The number of anilines is 1. The second-order valence-corrected chi connectivity index (χ2v) is 4.16. The average molecular weight is 267 g/mol. The lowest BCUT2D eigenvalue weighted by atomic mass is 10.1. The van der Waals surface area contributed by atoms with Crippen molar-refractivity contribution in [2.75, 3.05) is 5.73 Å². The molecule has 0 unspecified atom stereocenters. The van der Waals surface area contributed by atoms with Gasteiger partial charge in [0.15, 0.2) is 0 Å². The summed E-state index contributed by atoms with van der Waals surface area (Å²) >= 11 is 0. The lowest BCUT2D eigenvalue weighted by molar-refractivity contribution is 0.0998. The van der Waals surface area contributed by atoms with Gasteiger partial charge in [0.25, 0.3) is 5.91 Å². The molecule has 0 aliphatic heterocycles. The fourth-order valence-electron chi connectivity index (χ4n) is 1.77. The zero-order valence-corrected chi connectivity index (χ0v) is 10.7. The molecule has 0 atom stereocenters. The van der Waals surface area contributed by atoms with Gasteiger partial charge in [-0.2, -0.15) is 5.26 Å². The summed E-state index contributed by atoms with van der Waals surface area (Å²) in [6.07, 6.45) is 0.195. The van der Waals surface area contributed by atoms with E-state index in [-0.39, 0.29) is 6.42 Å². The number of primary amides is 1. The summed E-state index contributed by atoms with van der Waals surface area (Å²) in [4.78, 5) is 11.3. The fourth-order valence-corrected chi connectivity index (χ4v) is 1.77. The molecule has 5 nitrogen and oxygen atoms in total. The molecule has 0 radical (unpaired) electrons. The standard InChI is InChI=1S/C15H13N3O2/c16-8-7-10-9-11(5-6-13(10)17)20-14-4-2-1-3-12(14)15(18)19/h1-6,9H,7,17H2,(H2,18,19). The summed E-state index contributed by atoms with van der Waals surface area (Å²) in [5, 5.41) is 8.73. The number of hydrogen-bond acceptors (Lipinski definition) is 4. The Hall–Kier alpha value is -3.00. The van der Waals surface area contributed by atoms with Crippen molar-refractivity contribution in [3.63, 3.8) is 0 Å². The zero-order chi connectivity index (χ0) is 14.5. The molecule has 0 aliphatic carbocycles. The van der Waals surface area contributed by atoms with Crippen LogP contribution in [0.25, 0.3) is 0 Å². The Balaban J connectivity index is 2.34. The lowest BCUT2D eigenvalue weighted by Gasteiger charge is -2.10. The van der Waals surface area contributed by atoms with Crippen LogP contribution in [0, 0.1) is 11.3 Å². The predicted molar refractivity (Wildman–Crippen MR) is 75.2 cm³/mol. The maximum absolute atomic E-state index is 11.3. The van der Waals surface area contributed by atoms with Gasteiger partial charge in [0.2, 0.25) is 0 Å². The maximum atomic E-state index is 11.3. The molecular formula is C15H13N3O2. The minimum atomic E-state index is -0.562. The first-order chi connectivity index (χ1) is 9.61. The van der Waals surface area contributed by atoms with E-state index in [0.717, 1.165) is 0 Å². The summed E-state index contributed by atoms with van der Waals surface area (Å²) < 4.78 is 5.65. The van der Waals surface area contributed by atoms with Crippen LogP contribution >= 0.6 is 0 Å². The van der Waals surface area contributed by atoms with E-state index in [1.54, 1.807) is 42.5 Å². The lowest BCUT2D eigenvalue weighted by Crippen LogP contribution is -2.12. The summed E-state index contributed by atoms with van der Waals surface area (Å²) in [7, 11) is 0. The number of nitrogens with zero attached hydrogens (tertiary/aromatic N) is 1. The van der Waals surface area contributed by atoms with Crippen LogP contribution in [0.2, 0.25) is 0 Å². The van der Waals surface area contributed by atoms with Gasteiger partial charge in [0.05, 0.1) is 18.1 Å². The molecule has 1 amide bonds. The Labute approximate surface area is 116 Å². The molecule has 0 bridgehead atoms. The molecule has 5 heteroatoms. The first-order valence-corrected chi connectivity index (χ1v) is 5.94. The van der Waals surface area contributed by atoms with Crippen LogP contribution in [-0.2, 0) is 6.42 Å². The van der Waals surface area contributed by atoms with E-state index < -0.39 is 5.91 Å². The van der Waals surface area contributed by atoms with Crippen molar-refractivity contribution in [2.24, 2.45) is 5.73 Å². The molecular weight excluding hydrogens is 254 g/mol. The van der Waals surface area contributed by atoms with Gasteiger partial charge in [0, 0.05) is 5.69 Å². The number of amides is 1. The Morgan fingerprint density at radius 1 is 1.25 bits per heavy atom. The molecule has 20 heavy (non-hydrogen) atoms. The normalized spacial score (nSPS) is 9.75. The molecule has 2 rings (SSSR count). The van der Waals surface area contributed by atoms with Crippen LogP contribution in [0.3, 0.4) is 0 Å². The Morgan fingerprint density at radius 2 is 2.00 bits per heavy atom. The van der Waals surface area contributed by atoms with Crippen molar-refractivity contribution < 1.29 is 9.53 Å². The number of nitriles is 1. The van der Waals surface area contributed by atoms with Crippen LogP contribution < -0.4 is 16.2 Å². The molecule has 0 heterocycles. The fraction of sp³-hybridized carbons (Fsp3) is 0.0667. The van der Waals surface area contributed by atoms with E-state index >= 15 is 0 Å². The highest BCUT2D eigenvalue weighted by atomic mass is 16.5. The van der Waals surface area contributed by atoms with Gasteiger partial charge < -0.3 is 16.2 Å². The Kier molecular flexibility index (Phi) is 3.87. The van der Waals surface area contributed by atoms with Crippen LogP contribution in [0.4, 0.5) is 5.69 Å². The van der Waals surface area contributed by atoms with Crippen LogP contribution in [0.1, 0.15) is 15.9 Å². The van der Waals surface area contributed by atoms with Crippen molar-refractivity contribution in [1.82, 2.24) is 0 Å². The van der Waals surface area contributed by atoms with Crippen molar-refractivity contribution in [1.29, 1.82) is 5.26 Å². The van der Waals surface area contributed by atoms with Gasteiger partial charge in [-0.05, 0) is 35.9 Å². The van der Waals surface area contributed by atoms with E-state index in [1.165, 1.54) is 0 Å². The number of benzene rings is 2. The second-order valence-electron chi connectivity index (χ2n) is 4.16. The molecule has 0 saturated carbocycles. The SMILES string of the molecule is N#CCc1cc(Oc2ccccc2C(N)=O)ccc1N.